The molecule has 3 rings (SSSR count). The fourth-order valence-electron chi connectivity index (χ4n) is 4.39. The Bertz CT molecular complexity index is 1380. The van der Waals surface area contributed by atoms with E-state index in [9.17, 15) is 18.0 Å². The number of benzene rings is 3. The van der Waals surface area contributed by atoms with Crippen LogP contribution in [0.15, 0.2) is 78.9 Å². The number of ether oxygens (including phenoxy) is 2. The molecular formula is C31H39N3O6S. The summed E-state index contributed by atoms with van der Waals surface area (Å²) in [5.74, 6) is 0.354. The van der Waals surface area contributed by atoms with Crippen molar-refractivity contribution in [2.45, 2.75) is 38.8 Å². The van der Waals surface area contributed by atoms with Crippen LogP contribution in [0.4, 0.5) is 5.69 Å². The van der Waals surface area contributed by atoms with Gasteiger partial charge >= 0.3 is 0 Å². The first kappa shape index (κ1) is 31.5. The van der Waals surface area contributed by atoms with Gasteiger partial charge in [0, 0.05) is 19.5 Å². The molecule has 0 aliphatic rings. The maximum atomic E-state index is 14.1. The molecule has 1 N–H and O–H groups in total. The number of amides is 2. The molecule has 0 bridgehead atoms. The minimum atomic E-state index is -3.85. The predicted molar refractivity (Wildman–Crippen MR) is 161 cm³/mol. The molecular weight excluding hydrogens is 542 g/mol. The Morgan fingerprint density at radius 3 is 2.15 bits per heavy atom. The van der Waals surface area contributed by atoms with E-state index in [4.69, 9.17) is 9.47 Å². The molecule has 3 aromatic carbocycles. The summed E-state index contributed by atoms with van der Waals surface area (Å²) in [4.78, 5) is 29.2. The summed E-state index contributed by atoms with van der Waals surface area (Å²) in [5, 5.41) is 2.97. The third kappa shape index (κ3) is 9.24. The van der Waals surface area contributed by atoms with Gasteiger partial charge in [-0.25, -0.2) is 8.42 Å². The molecule has 0 aromatic heterocycles. The number of hydrogen-bond donors (Lipinski definition) is 1. The molecule has 0 spiro atoms. The van der Waals surface area contributed by atoms with E-state index in [-0.39, 0.29) is 18.9 Å². The Hall–Kier alpha value is -4.05. The number of sulfonamides is 1. The number of anilines is 1. The maximum Gasteiger partial charge on any atom is 0.244 e. The van der Waals surface area contributed by atoms with Gasteiger partial charge in [-0.2, -0.15) is 0 Å². The van der Waals surface area contributed by atoms with Crippen LogP contribution in [0.5, 0.6) is 11.5 Å². The molecule has 0 heterocycles. The zero-order valence-electron chi connectivity index (χ0n) is 24.1. The van der Waals surface area contributed by atoms with Crippen molar-refractivity contribution in [2.24, 2.45) is 0 Å². The van der Waals surface area contributed by atoms with Crippen LogP contribution in [-0.4, -0.2) is 64.7 Å². The van der Waals surface area contributed by atoms with Crippen molar-refractivity contribution in [2.75, 3.05) is 37.9 Å². The molecule has 10 heteroatoms. The van der Waals surface area contributed by atoms with Gasteiger partial charge in [0.25, 0.3) is 0 Å². The van der Waals surface area contributed by atoms with E-state index in [0.29, 0.717) is 23.7 Å². The molecule has 220 valence electrons. The van der Waals surface area contributed by atoms with Crippen molar-refractivity contribution in [1.29, 1.82) is 0 Å². The lowest BCUT2D eigenvalue weighted by atomic mass is 10.0. The fourth-order valence-corrected chi connectivity index (χ4v) is 5.24. The SMILES string of the molecule is CCCCNC(=O)[C@H](Cc1ccccc1)N(Cc1cccc(OC)c1)C(=O)CN(c1ccc(OC)cc1)S(C)(=O)=O. The second-order valence-electron chi connectivity index (χ2n) is 9.69. The first-order valence-corrected chi connectivity index (χ1v) is 15.4. The summed E-state index contributed by atoms with van der Waals surface area (Å²) < 4.78 is 37.4. The van der Waals surface area contributed by atoms with Gasteiger partial charge in [-0.1, -0.05) is 55.8 Å². The van der Waals surface area contributed by atoms with Gasteiger partial charge in [-0.05, 0) is 53.9 Å². The summed E-state index contributed by atoms with van der Waals surface area (Å²) in [6.07, 6.45) is 3.01. The molecule has 1 atom stereocenters. The second-order valence-corrected chi connectivity index (χ2v) is 11.6. The predicted octanol–water partition coefficient (Wildman–Crippen LogP) is 4.03. The molecule has 0 radical (unpaired) electrons. The van der Waals surface area contributed by atoms with Crippen molar-refractivity contribution in [1.82, 2.24) is 10.2 Å². The lowest BCUT2D eigenvalue weighted by Crippen LogP contribution is -2.53. The van der Waals surface area contributed by atoms with Crippen molar-refractivity contribution in [3.8, 4) is 11.5 Å². The molecule has 0 saturated carbocycles. The van der Waals surface area contributed by atoms with Crippen LogP contribution in [0.2, 0.25) is 0 Å². The zero-order valence-corrected chi connectivity index (χ0v) is 24.9. The third-order valence-electron chi connectivity index (χ3n) is 6.63. The largest absolute Gasteiger partial charge is 0.497 e. The van der Waals surface area contributed by atoms with Crippen molar-refractivity contribution < 1.29 is 27.5 Å². The van der Waals surface area contributed by atoms with E-state index in [2.05, 4.69) is 5.32 Å². The first-order valence-electron chi connectivity index (χ1n) is 13.5. The number of rotatable bonds is 15. The second kappa shape index (κ2) is 15.1. The van der Waals surface area contributed by atoms with Crippen molar-refractivity contribution in [3.05, 3.63) is 90.0 Å². The lowest BCUT2D eigenvalue weighted by Gasteiger charge is -2.33. The van der Waals surface area contributed by atoms with E-state index < -0.39 is 28.5 Å². The minimum absolute atomic E-state index is 0.0783. The molecule has 0 aliphatic heterocycles. The number of methoxy groups -OCH3 is 2. The normalized spacial score (nSPS) is 11.8. The summed E-state index contributed by atoms with van der Waals surface area (Å²) in [5.41, 5.74) is 1.93. The topological polar surface area (TPSA) is 105 Å². The summed E-state index contributed by atoms with van der Waals surface area (Å²) in [7, 11) is -0.776. The molecule has 3 aromatic rings. The van der Waals surface area contributed by atoms with Gasteiger partial charge < -0.3 is 19.7 Å². The number of nitrogens with zero attached hydrogens (tertiary/aromatic N) is 2. The van der Waals surface area contributed by atoms with E-state index in [1.54, 1.807) is 43.5 Å². The highest BCUT2D eigenvalue weighted by atomic mass is 32.2. The van der Waals surface area contributed by atoms with Gasteiger partial charge in [0.1, 0.15) is 24.1 Å². The standard InChI is InChI=1S/C31H39N3O6S/c1-5-6-19-32-31(36)29(21-24-11-8-7-9-12-24)33(22-25-13-10-14-28(20-25)40-3)30(35)23-34(41(4,37)38)26-15-17-27(39-2)18-16-26/h7-18,20,29H,5-6,19,21-23H2,1-4H3,(H,32,36)/t29-/m0/s1. The monoisotopic (exact) mass is 581 g/mol. The average molecular weight is 582 g/mol. The lowest BCUT2D eigenvalue weighted by molar-refractivity contribution is -0.140. The Morgan fingerprint density at radius 2 is 1.54 bits per heavy atom. The third-order valence-corrected chi connectivity index (χ3v) is 7.77. The molecule has 2 amide bonds. The Morgan fingerprint density at radius 1 is 0.878 bits per heavy atom. The van der Waals surface area contributed by atoms with E-state index in [1.807, 2.05) is 49.4 Å². The highest BCUT2D eigenvalue weighted by molar-refractivity contribution is 7.92. The molecule has 0 aliphatic carbocycles. The number of nitrogens with one attached hydrogen (secondary N) is 1. The minimum Gasteiger partial charge on any atom is -0.497 e. The van der Waals surface area contributed by atoms with Crippen LogP contribution >= 0.6 is 0 Å². The Balaban J connectivity index is 2.03. The van der Waals surface area contributed by atoms with Gasteiger partial charge in [0.15, 0.2) is 0 Å². The quantitative estimate of drug-likeness (QED) is 0.272. The van der Waals surface area contributed by atoms with Gasteiger partial charge in [0.05, 0.1) is 26.2 Å². The van der Waals surface area contributed by atoms with Gasteiger partial charge in [0.2, 0.25) is 21.8 Å². The van der Waals surface area contributed by atoms with E-state index in [0.717, 1.165) is 34.5 Å². The van der Waals surface area contributed by atoms with E-state index >= 15 is 0 Å². The fraction of sp³-hybridized carbons (Fsp3) is 0.355. The van der Waals surface area contributed by atoms with Crippen LogP contribution in [0.1, 0.15) is 30.9 Å². The van der Waals surface area contributed by atoms with Crippen molar-refractivity contribution >= 4 is 27.5 Å². The molecule has 9 nitrogen and oxygen atoms in total. The van der Waals surface area contributed by atoms with Crippen LogP contribution < -0.4 is 19.1 Å². The number of carbonyl (C=O) groups is 2. The number of carbonyl (C=O) groups excluding carboxylic acids is 2. The Kier molecular flexibility index (Phi) is 11.6. The van der Waals surface area contributed by atoms with Crippen LogP contribution in [0.25, 0.3) is 0 Å². The van der Waals surface area contributed by atoms with Crippen LogP contribution in [0.3, 0.4) is 0 Å². The number of unbranched alkanes of at least 4 members (excludes halogenated alkanes) is 1. The molecule has 0 unspecified atom stereocenters. The van der Waals surface area contributed by atoms with Gasteiger partial charge in [-0.15, -0.1) is 0 Å². The highest BCUT2D eigenvalue weighted by Gasteiger charge is 2.33. The summed E-state index contributed by atoms with van der Waals surface area (Å²) in [6.45, 7) is 2.10. The van der Waals surface area contributed by atoms with Crippen molar-refractivity contribution in [3.63, 3.8) is 0 Å². The summed E-state index contributed by atoms with van der Waals surface area (Å²) >= 11 is 0. The molecule has 0 fully saturated rings. The Labute approximate surface area is 243 Å². The van der Waals surface area contributed by atoms with E-state index in [1.165, 1.54) is 12.0 Å². The zero-order chi connectivity index (χ0) is 29.8. The van der Waals surface area contributed by atoms with Gasteiger partial charge in [-0.3, -0.25) is 13.9 Å². The smallest absolute Gasteiger partial charge is 0.244 e. The molecule has 0 saturated heterocycles. The molecule has 41 heavy (non-hydrogen) atoms. The van der Waals surface area contributed by atoms with Crippen LogP contribution in [-0.2, 0) is 32.6 Å². The number of hydrogen-bond acceptors (Lipinski definition) is 6. The maximum absolute atomic E-state index is 14.1. The summed E-state index contributed by atoms with van der Waals surface area (Å²) in [6, 6.07) is 22.2. The highest BCUT2D eigenvalue weighted by Crippen LogP contribution is 2.23. The first-order chi connectivity index (χ1) is 19.7. The average Bonchev–Trinajstić information content (AvgIpc) is 2.97. The van der Waals surface area contributed by atoms with Crippen LogP contribution in [0, 0.1) is 0 Å².